The summed E-state index contributed by atoms with van der Waals surface area (Å²) in [5, 5.41) is 2.85. The lowest BCUT2D eigenvalue weighted by Crippen LogP contribution is -2.42. The first-order chi connectivity index (χ1) is 21.6. The molecule has 0 aliphatic carbocycles. The number of anilines is 1. The molecule has 0 fully saturated rings. The molecule has 0 aliphatic rings. The topological polar surface area (TPSA) is 75.7 Å². The van der Waals surface area contributed by atoms with E-state index in [2.05, 4.69) is 5.32 Å². The van der Waals surface area contributed by atoms with Crippen molar-refractivity contribution in [3.05, 3.63) is 124 Å². The lowest BCUT2D eigenvalue weighted by Gasteiger charge is -2.26. The minimum atomic E-state index is -0.796. The highest BCUT2D eigenvalue weighted by atomic mass is 32.2. The third-order valence-electron chi connectivity index (χ3n) is 7.45. The van der Waals surface area contributed by atoms with Crippen LogP contribution in [0, 0.1) is 18.6 Å². The van der Waals surface area contributed by atoms with Gasteiger partial charge in [0.1, 0.15) is 17.7 Å². The Morgan fingerprint density at radius 3 is 2.24 bits per heavy atom. The Balaban J connectivity index is 1.76. The number of hydrogen-bond donors (Lipinski definition) is 1. The van der Waals surface area contributed by atoms with Gasteiger partial charge in [-0.25, -0.2) is 13.6 Å². The maximum Gasteiger partial charge on any atom is 0.328 e. The van der Waals surface area contributed by atoms with Crippen LogP contribution < -0.4 is 10.2 Å². The van der Waals surface area contributed by atoms with Crippen LogP contribution in [0.5, 0.6) is 0 Å². The average molecular weight is 631 g/mol. The van der Waals surface area contributed by atoms with E-state index in [4.69, 9.17) is 4.74 Å². The SMILES string of the molecule is COC(=O)[C@H](CCSC)NC(=O)c1ccc(CN(Cc2cc(F)cc(F)c2)c2cccc(C(C)=O)c2)cc1-c1ccccc1C. The minimum Gasteiger partial charge on any atom is -0.467 e. The second kappa shape index (κ2) is 15.5. The van der Waals surface area contributed by atoms with Crippen LogP contribution in [0.15, 0.2) is 84.9 Å². The number of nitrogens with zero attached hydrogens (tertiary/aromatic N) is 1. The van der Waals surface area contributed by atoms with Gasteiger partial charge in [0.2, 0.25) is 0 Å². The zero-order valence-electron chi connectivity index (χ0n) is 25.7. The summed E-state index contributed by atoms with van der Waals surface area (Å²) >= 11 is 1.57. The van der Waals surface area contributed by atoms with Gasteiger partial charge in [-0.1, -0.05) is 42.5 Å². The first kappa shape index (κ1) is 33.4. The van der Waals surface area contributed by atoms with Crippen molar-refractivity contribution in [3.63, 3.8) is 0 Å². The maximum absolute atomic E-state index is 14.1. The van der Waals surface area contributed by atoms with E-state index in [1.807, 2.05) is 60.5 Å². The molecular weight excluding hydrogens is 594 g/mol. The first-order valence-electron chi connectivity index (χ1n) is 14.5. The molecule has 1 atom stereocenters. The molecule has 1 amide bonds. The first-order valence-corrected chi connectivity index (χ1v) is 15.9. The standard InChI is InChI=1S/C36H36F2N2O4S/c1-23-8-5-6-11-31(23)33-18-25(12-13-32(33)35(42)39-34(14-15-45-4)36(43)44-3)21-40(22-26-16-28(37)20-29(38)17-26)30-10-7-9-27(19-30)24(2)41/h5-13,16-20,34H,14-15,21-22H2,1-4H3,(H,39,42)/t34-/m0/s1. The van der Waals surface area contributed by atoms with Gasteiger partial charge in [-0.15, -0.1) is 0 Å². The minimum absolute atomic E-state index is 0.103. The number of benzene rings is 4. The number of halogens is 2. The molecule has 4 aromatic rings. The Hall–Kier alpha value is -4.50. The summed E-state index contributed by atoms with van der Waals surface area (Å²) in [5.41, 5.74) is 5.32. The van der Waals surface area contributed by atoms with Gasteiger partial charge >= 0.3 is 5.97 Å². The molecule has 6 nitrogen and oxygen atoms in total. The summed E-state index contributed by atoms with van der Waals surface area (Å²) in [4.78, 5) is 40.2. The van der Waals surface area contributed by atoms with Crippen LogP contribution >= 0.6 is 11.8 Å². The molecule has 0 aliphatic heterocycles. The average Bonchev–Trinajstić information content (AvgIpc) is 3.02. The number of amides is 1. The predicted molar refractivity (Wildman–Crippen MR) is 176 cm³/mol. The molecule has 0 unspecified atom stereocenters. The second-order valence-electron chi connectivity index (χ2n) is 10.8. The van der Waals surface area contributed by atoms with E-state index < -0.39 is 29.6 Å². The zero-order valence-corrected chi connectivity index (χ0v) is 26.5. The molecule has 9 heteroatoms. The molecular formula is C36H36F2N2O4S. The van der Waals surface area contributed by atoms with E-state index in [1.165, 1.54) is 26.2 Å². The van der Waals surface area contributed by atoms with Crippen LogP contribution in [0.25, 0.3) is 11.1 Å². The fourth-order valence-electron chi connectivity index (χ4n) is 5.15. The van der Waals surface area contributed by atoms with E-state index in [0.717, 1.165) is 22.8 Å². The number of ketones is 1. The van der Waals surface area contributed by atoms with Gasteiger partial charge in [0, 0.05) is 36.0 Å². The maximum atomic E-state index is 14.1. The summed E-state index contributed by atoms with van der Waals surface area (Å²) < 4.78 is 33.2. The molecule has 0 heterocycles. The third kappa shape index (κ3) is 8.79. The Morgan fingerprint density at radius 2 is 1.58 bits per heavy atom. The fourth-order valence-corrected chi connectivity index (χ4v) is 5.62. The van der Waals surface area contributed by atoms with Crippen molar-refractivity contribution in [3.8, 4) is 11.1 Å². The molecule has 234 valence electrons. The van der Waals surface area contributed by atoms with Crippen LogP contribution in [0.2, 0.25) is 0 Å². The van der Waals surface area contributed by atoms with E-state index in [9.17, 15) is 23.2 Å². The molecule has 0 radical (unpaired) electrons. The van der Waals surface area contributed by atoms with Crippen molar-refractivity contribution in [2.24, 2.45) is 0 Å². The number of carbonyl (C=O) groups is 3. The van der Waals surface area contributed by atoms with E-state index in [-0.39, 0.29) is 12.3 Å². The molecule has 0 saturated carbocycles. The highest BCUT2D eigenvalue weighted by Crippen LogP contribution is 2.30. The van der Waals surface area contributed by atoms with Gasteiger partial charge < -0.3 is 15.0 Å². The lowest BCUT2D eigenvalue weighted by molar-refractivity contribution is -0.142. The third-order valence-corrected chi connectivity index (χ3v) is 8.10. The number of rotatable bonds is 13. The van der Waals surface area contributed by atoms with Crippen LogP contribution in [-0.4, -0.2) is 42.8 Å². The van der Waals surface area contributed by atoms with Crippen LogP contribution in [0.1, 0.15) is 50.8 Å². The molecule has 45 heavy (non-hydrogen) atoms. The van der Waals surface area contributed by atoms with Crippen molar-refractivity contribution in [1.29, 1.82) is 0 Å². The number of hydrogen-bond acceptors (Lipinski definition) is 6. The van der Waals surface area contributed by atoms with Crippen LogP contribution in [0.4, 0.5) is 14.5 Å². The molecule has 1 N–H and O–H groups in total. The van der Waals surface area contributed by atoms with Gasteiger partial charge in [-0.05, 0) is 96.5 Å². The molecule has 4 aromatic carbocycles. The Kier molecular flexibility index (Phi) is 11.5. The molecule has 0 spiro atoms. The van der Waals surface area contributed by atoms with Gasteiger partial charge in [0.25, 0.3) is 5.91 Å². The molecule has 0 saturated heterocycles. The predicted octanol–water partition coefficient (Wildman–Crippen LogP) is 7.37. The van der Waals surface area contributed by atoms with Gasteiger partial charge in [0.15, 0.2) is 5.78 Å². The van der Waals surface area contributed by atoms with Gasteiger partial charge in [-0.3, -0.25) is 9.59 Å². The monoisotopic (exact) mass is 630 g/mol. The summed E-state index contributed by atoms with van der Waals surface area (Å²) in [5.74, 6) is -1.71. The van der Waals surface area contributed by atoms with Crippen molar-refractivity contribution >= 4 is 35.1 Å². The smallest absolute Gasteiger partial charge is 0.328 e. The van der Waals surface area contributed by atoms with E-state index >= 15 is 0 Å². The molecule has 0 bridgehead atoms. The number of Topliss-reactive ketones (excluding diaryl/α,β-unsaturated/α-hetero) is 1. The molecule has 4 rings (SSSR count). The van der Waals surface area contributed by atoms with Crippen LogP contribution in [0.3, 0.4) is 0 Å². The number of nitrogens with one attached hydrogen (secondary N) is 1. The van der Waals surface area contributed by atoms with Crippen molar-refractivity contribution in [1.82, 2.24) is 5.32 Å². The van der Waals surface area contributed by atoms with Crippen molar-refractivity contribution < 1.29 is 27.9 Å². The number of carbonyl (C=O) groups excluding carboxylic acids is 3. The van der Waals surface area contributed by atoms with Crippen LogP contribution in [-0.2, 0) is 22.6 Å². The number of ether oxygens (including phenoxy) is 1. The van der Waals surface area contributed by atoms with Gasteiger partial charge in [-0.2, -0.15) is 11.8 Å². The highest BCUT2D eigenvalue weighted by Gasteiger charge is 2.24. The normalized spacial score (nSPS) is 11.5. The zero-order chi connectivity index (χ0) is 32.5. The van der Waals surface area contributed by atoms with E-state index in [1.54, 1.807) is 36.0 Å². The summed E-state index contributed by atoms with van der Waals surface area (Å²) in [6, 6.07) is 22.8. The number of thioether (sulfide) groups is 1. The quantitative estimate of drug-likeness (QED) is 0.123. The van der Waals surface area contributed by atoms with E-state index in [0.29, 0.717) is 46.7 Å². The fraction of sp³-hybridized carbons (Fsp3) is 0.250. The highest BCUT2D eigenvalue weighted by molar-refractivity contribution is 7.98. The Bertz CT molecular complexity index is 1670. The van der Waals surface area contributed by atoms with Gasteiger partial charge in [0.05, 0.1) is 7.11 Å². The number of methoxy groups -OCH3 is 1. The summed E-state index contributed by atoms with van der Waals surface area (Å²) in [7, 11) is 1.30. The largest absolute Gasteiger partial charge is 0.467 e. The Morgan fingerprint density at radius 1 is 0.867 bits per heavy atom. The molecule has 0 aromatic heterocycles. The van der Waals surface area contributed by atoms with Crippen molar-refractivity contribution in [2.75, 3.05) is 24.0 Å². The summed E-state index contributed by atoms with van der Waals surface area (Å²) in [6.45, 7) is 3.90. The number of aryl methyl sites for hydroxylation is 1. The Labute approximate surface area is 266 Å². The second-order valence-corrected chi connectivity index (χ2v) is 11.8. The summed E-state index contributed by atoms with van der Waals surface area (Å²) in [6.07, 6.45) is 2.35. The van der Waals surface area contributed by atoms with Crippen molar-refractivity contribution in [2.45, 2.75) is 39.4 Å². The lowest BCUT2D eigenvalue weighted by atomic mass is 9.93. The number of esters is 1.